The molecule has 1 amide bonds. The van der Waals surface area contributed by atoms with Crippen LogP contribution in [0.15, 0.2) is 54.6 Å². The number of thioether (sulfide) groups is 1. The summed E-state index contributed by atoms with van der Waals surface area (Å²) in [5.41, 5.74) is 3.28. The van der Waals surface area contributed by atoms with Gasteiger partial charge >= 0.3 is 0 Å². The molecule has 0 bridgehead atoms. The molecule has 2 aromatic rings. The summed E-state index contributed by atoms with van der Waals surface area (Å²) in [7, 11) is 0. The number of rotatable bonds is 5. The molecule has 1 aliphatic rings. The summed E-state index contributed by atoms with van der Waals surface area (Å²) in [5, 5.41) is 3.19. The van der Waals surface area contributed by atoms with Crippen LogP contribution < -0.4 is 10.2 Å². The van der Waals surface area contributed by atoms with Crippen molar-refractivity contribution in [3.05, 3.63) is 65.7 Å². The van der Waals surface area contributed by atoms with Crippen LogP contribution in [0.5, 0.6) is 0 Å². The molecule has 0 aromatic heterocycles. The van der Waals surface area contributed by atoms with Gasteiger partial charge in [-0.25, -0.2) is 0 Å². The molecule has 1 fully saturated rings. The SMILES string of the molecule is CSCc1ccc(C(=O)NC2CCN(c3ccccc3)CC2)cc1. The first-order valence-corrected chi connectivity index (χ1v) is 9.84. The summed E-state index contributed by atoms with van der Waals surface area (Å²) in [5.74, 6) is 1.03. The van der Waals surface area contributed by atoms with Crippen LogP contribution in [0, 0.1) is 0 Å². The second kappa shape index (κ2) is 8.25. The minimum atomic E-state index is 0.0452. The van der Waals surface area contributed by atoms with E-state index in [2.05, 4.69) is 40.7 Å². The van der Waals surface area contributed by atoms with Crippen LogP contribution in [-0.2, 0) is 5.75 Å². The van der Waals surface area contributed by atoms with Gasteiger partial charge in [0.25, 0.3) is 5.91 Å². The van der Waals surface area contributed by atoms with Crippen LogP contribution in [0.4, 0.5) is 5.69 Å². The lowest BCUT2D eigenvalue weighted by Gasteiger charge is -2.34. The molecule has 2 aromatic carbocycles. The summed E-state index contributed by atoms with van der Waals surface area (Å²) in [4.78, 5) is 14.8. The van der Waals surface area contributed by atoms with Gasteiger partial charge in [-0.3, -0.25) is 4.79 Å². The van der Waals surface area contributed by atoms with Crippen LogP contribution in [0.1, 0.15) is 28.8 Å². The van der Waals surface area contributed by atoms with E-state index in [9.17, 15) is 4.79 Å². The van der Waals surface area contributed by atoms with Crippen molar-refractivity contribution in [1.82, 2.24) is 5.32 Å². The summed E-state index contributed by atoms with van der Waals surface area (Å²) in [6, 6.07) is 18.7. The molecule has 0 spiro atoms. The largest absolute Gasteiger partial charge is 0.371 e. The standard InChI is InChI=1S/C20H24N2OS/c1-24-15-16-7-9-17(10-8-16)20(23)21-18-11-13-22(14-12-18)19-5-3-2-4-6-19/h2-10,18H,11-15H2,1H3,(H,21,23). The van der Waals surface area contributed by atoms with E-state index in [1.165, 1.54) is 11.3 Å². The highest BCUT2D eigenvalue weighted by molar-refractivity contribution is 7.97. The molecule has 3 nitrogen and oxygen atoms in total. The van der Waals surface area contributed by atoms with Crippen molar-refractivity contribution in [1.29, 1.82) is 0 Å². The molecule has 0 saturated carbocycles. The lowest BCUT2D eigenvalue weighted by atomic mass is 10.0. The highest BCUT2D eigenvalue weighted by Crippen LogP contribution is 2.19. The Labute approximate surface area is 148 Å². The number of para-hydroxylation sites is 1. The zero-order chi connectivity index (χ0) is 16.8. The van der Waals surface area contributed by atoms with Crippen molar-refractivity contribution in [2.75, 3.05) is 24.2 Å². The van der Waals surface area contributed by atoms with Gasteiger partial charge in [0.05, 0.1) is 0 Å². The van der Waals surface area contributed by atoms with E-state index in [1.807, 2.05) is 30.3 Å². The Kier molecular flexibility index (Phi) is 5.81. The molecule has 0 unspecified atom stereocenters. The highest BCUT2D eigenvalue weighted by atomic mass is 32.2. The van der Waals surface area contributed by atoms with Gasteiger partial charge in [0, 0.05) is 36.1 Å². The van der Waals surface area contributed by atoms with Crippen molar-refractivity contribution < 1.29 is 4.79 Å². The number of benzene rings is 2. The van der Waals surface area contributed by atoms with Gasteiger partial charge in [0.2, 0.25) is 0 Å². The average molecular weight is 340 g/mol. The molecule has 24 heavy (non-hydrogen) atoms. The Balaban J connectivity index is 1.51. The lowest BCUT2D eigenvalue weighted by Crippen LogP contribution is -2.44. The summed E-state index contributed by atoms with van der Waals surface area (Å²) in [6.07, 6.45) is 4.07. The van der Waals surface area contributed by atoms with Crippen LogP contribution in [0.2, 0.25) is 0 Å². The second-order valence-corrected chi connectivity index (χ2v) is 7.07. The normalized spacial score (nSPS) is 15.3. The molecule has 0 atom stereocenters. The van der Waals surface area contributed by atoms with E-state index in [-0.39, 0.29) is 11.9 Å². The Bertz CT molecular complexity index is 649. The number of carbonyl (C=O) groups excluding carboxylic acids is 1. The fraction of sp³-hybridized carbons (Fsp3) is 0.350. The van der Waals surface area contributed by atoms with Gasteiger partial charge in [0.15, 0.2) is 0 Å². The minimum Gasteiger partial charge on any atom is -0.371 e. The van der Waals surface area contributed by atoms with Crippen molar-refractivity contribution in [3.63, 3.8) is 0 Å². The molecular formula is C20H24N2OS. The second-order valence-electron chi connectivity index (χ2n) is 6.20. The smallest absolute Gasteiger partial charge is 0.251 e. The van der Waals surface area contributed by atoms with E-state index in [0.29, 0.717) is 0 Å². The summed E-state index contributed by atoms with van der Waals surface area (Å²) in [6.45, 7) is 1.98. The van der Waals surface area contributed by atoms with Crippen molar-refractivity contribution in [2.24, 2.45) is 0 Å². The number of hydrogen-bond donors (Lipinski definition) is 1. The predicted molar refractivity (Wildman–Crippen MR) is 103 cm³/mol. The Hall–Kier alpha value is -1.94. The third-order valence-corrected chi connectivity index (χ3v) is 5.10. The number of anilines is 1. The van der Waals surface area contributed by atoms with Crippen LogP contribution in [-0.4, -0.2) is 31.3 Å². The molecule has 1 N–H and O–H groups in total. The van der Waals surface area contributed by atoms with E-state index in [0.717, 1.165) is 37.2 Å². The van der Waals surface area contributed by atoms with E-state index in [4.69, 9.17) is 0 Å². The predicted octanol–water partition coefficient (Wildman–Crippen LogP) is 3.95. The number of nitrogens with one attached hydrogen (secondary N) is 1. The fourth-order valence-corrected chi connectivity index (χ4v) is 3.63. The number of carbonyl (C=O) groups is 1. The molecule has 4 heteroatoms. The first kappa shape index (κ1) is 16.9. The minimum absolute atomic E-state index is 0.0452. The van der Waals surface area contributed by atoms with Gasteiger partial charge in [-0.1, -0.05) is 30.3 Å². The van der Waals surface area contributed by atoms with Gasteiger partial charge in [-0.05, 0) is 48.9 Å². The number of piperidine rings is 1. The molecule has 0 radical (unpaired) electrons. The third kappa shape index (κ3) is 4.32. The first-order chi connectivity index (χ1) is 11.8. The first-order valence-electron chi connectivity index (χ1n) is 8.45. The van der Waals surface area contributed by atoms with E-state index < -0.39 is 0 Å². The Morgan fingerprint density at radius 3 is 2.38 bits per heavy atom. The molecular weight excluding hydrogens is 316 g/mol. The molecule has 1 aliphatic heterocycles. The van der Waals surface area contributed by atoms with Gasteiger partial charge in [-0.15, -0.1) is 0 Å². The third-order valence-electron chi connectivity index (χ3n) is 4.48. The van der Waals surface area contributed by atoms with Gasteiger partial charge in [0.1, 0.15) is 0 Å². The summed E-state index contributed by atoms with van der Waals surface area (Å²) < 4.78 is 0. The molecule has 0 aliphatic carbocycles. The van der Waals surface area contributed by atoms with Crippen molar-refractivity contribution >= 4 is 23.4 Å². The lowest BCUT2D eigenvalue weighted by molar-refractivity contribution is 0.0931. The fourth-order valence-electron chi connectivity index (χ4n) is 3.11. The topological polar surface area (TPSA) is 32.3 Å². The Morgan fingerprint density at radius 1 is 1.08 bits per heavy atom. The maximum atomic E-state index is 12.4. The maximum absolute atomic E-state index is 12.4. The van der Waals surface area contributed by atoms with Gasteiger partial charge < -0.3 is 10.2 Å². The van der Waals surface area contributed by atoms with Crippen LogP contribution in [0.3, 0.4) is 0 Å². The zero-order valence-electron chi connectivity index (χ0n) is 14.1. The number of hydrogen-bond acceptors (Lipinski definition) is 3. The van der Waals surface area contributed by atoms with Crippen LogP contribution in [0.25, 0.3) is 0 Å². The zero-order valence-corrected chi connectivity index (χ0v) is 14.9. The maximum Gasteiger partial charge on any atom is 0.251 e. The quantitative estimate of drug-likeness (QED) is 0.894. The molecule has 126 valence electrons. The van der Waals surface area contributed by atoms with Crippen LogP contribution >= 0.6 is 11.8 Å². The Morgan fingerprint density at radius 2 is 1.75 bits per heavy atom. The van der Waals surface area contributed by atoms with E-state index in [1.54, 1.807) is 11.8 Å². The van der Waals surface area contributed by atoms with E-state index >= 15 is 0 Å². The average Bonchev–Trinajstić information content (AvgIpc) is 2.64. The molecule has 3 rings (SSSR count). The number of amides is 1. The van der Waals surface area contributed by atoms with Crippen molar-refractivity contribution in [3.8, 4) is 0 Å². The van der Waals surface area contributed by atoms with Gasteiger partial charge in [-0.2, -0.15) is 11.8 Å². The molecule has 1 saturated heterocycles. The monoisotopic (exact) mass is 340 g/mol. The number of nitrogens with zero attached hydrogens (tertiary/aromatic N) is 1. The van der Waals surface area contributed by atoms with Crippen molar-refractivity contribution in [2.45, 2.75) is 24.6 Å². The summed E-state index contributed by atoms with van der Waals surface area (Å²) >= 11 is 1.79. The molecule has 1 heterocycles. The highest BCUT2D eigenvalue weighted by Gasteiger charge is 2.21.